The van der Waals surface area contributed by atoms with E-state index in [4.69, 9.17) is 4.42 Å². The average molecular weight is 627 g/mol. The van der Waals surface area contributed by atoms with Gasteiger partial charge in [-0.15, -0.1) is 0 Å². The molecule has 0 radical (unpaired) electrons. The van der Waals surface area contributed by atoms with E-state index in [-0.39, 0.29) is 0 Å². The van der Waals surface area contributed by atoms with Crippen LogP contribution in [-0.4, -0.2) is 4.57 Å². The molecule has 0 atom stereocenters. The van der Waals surface area contributed by atoms with Crippen molar-refractivity contribution in [3.63, 3.8) is 0 Å². The number of para-hydroxylation sites is 4. The molecule has 10 rings (SSSR count). The van der Waals surface area contributed by atoms with E-state index in [9.17, 15) is 0 Å². The average Bonchev–Trinajstić information content (AvgIpc) is 3.72. The highest BCUT2D eigenvalue weighted by atomic mass is 16.3. The van der Waals surface area contributed by atoms with Gasteiger partial charge < -0.3 is 13.9 Å². The normalized spacial score (nSPS) is 11.7. The lowest BCUT2D eigenvalue weighted by Gasteiger charge is -2.28. The lowest BCUT2D eigenvalue weighted by Crippen LogP contribution is -2.12. The molecule has 0 saturated heterocycles. The summed E-state index contributed by atoms with van der Waals surface area (Å²) in [7, 11) is 0. The number of benzene rings is 8. The molecule has 2 aromatic heterocycles. The van der Waals surface area contributed by atoms with E-state index in [1.54, 1.807) is 0 Å². The second-order valence-corrected chi connectivity index (χ2v) is 12.5. The third kappa shape index (κ3) is 4.23. The Hall–Kier alpha value is -6.58. The van der Waals surface area contributed by atoms with E-state index in [0.29, 0.717) is 0 Å². The van der Waals surface area contributed by atoms with Crippen molar-refractivity contribution in [3.05, 3.63) is 182 Å². The van der Waals surface area contributed by atoms with Crippen molar-refractivity contribution < 1.29 is 4.42 Å². The fourth-order valence-corrected chi connectivity index (χ4v) is 7.68. The predicted octanol–water partition coefficient (Wildman–Crippen LogP) is 13.0. The first-order valence-electron chi connectivity index (χ1n) is 16.7. The maximum Gasteiger partial charge on any atom is 0.159 e. The summed E-state index contributed by atoms with van der Waals surface area (Å²) in [6.07, 6.45) is 0. The fraction of sp³-hybridized carbons (Fsp3) is 0. The number of nitrogens with zero attached hydrogens (tertiary/aromatic N) is 2. The Morgan fingerprint density at radius 2 is 1.02 bits per heavy atom. The van der Waals surface area contributed by atoms with Gasteiger partial charge in [0.15, 0.2) is 5.58 Å². The quantitative estimate of drug-likeness (QED) is 0.190. The molecule has 0 spiro atoms. The second kappa shape index (κ2) is 11.0. The van der Waals surface area contributed by atoms with Gasteiger partial charge in [0.1, 0.15) is 5.58 Å². The van der Waals surface area contributed by atoms with Crippen LogP contribution in [0, 0.1) is 0 Å². The summed E-state index contributed by atoms with van der Waals surface area (Å²) in [6.45, 7) is 0. The molecule has 0 saturated carbocycles. The Balaban J connectivity index is 1.34. The van der Waals surface area contributed by atoms with Crippen molar-refractivity contribution in [2.24, 2.45) is 0 Å². The maximum absolute atomic E-state index is 6.73. The fourth-order valence-electron chi connectivity index (χ4n) is 7.68. The molecule has 230 valence electrons. The van der Waals surface area contributed by atoms with Crippen LogP contribution in [0.1, 0.15) is 0 Å². The first-order chi connectivity index (χ1) is 24.3. The first kappa shape index (κ1) is 27.5. The molecule has 0 aliphatic carbocycles. The van der Waals surface area contributed by atoms with Gasteiger partial charge in [-0.05, 0) is 53.4 Å². The molecule has 3 heteroatoms. The van der Waals surface area contributed by atoms with Gasteiger partial charge in [-0.25, -0.2) is 0 Å². The molecule has 0 aliphatic heterocycles. The van der Waals surface area contributed by atoms with Crippen LogP contribution in [0.25, 0.3) is 71.3 Å². The van der Waals surface area contributed by atoms with Crippen LogP contribution in [-0.2, 0) is 0 Å². The smallest absolute Gasteiger partial charge is 0.159 e. The molecule has 3 nitrogen and oxygen atoms in total. The Morgan fingerprint density at radius 3 is 1.94 bits per heavy atom. The van der Waals surface area contributed by atoms with Crippen LogP contribution < -0.4 is 4.90 Å². The lowest BCUT2D eigenvalue weighted by atomic mass is 10.0. The van der Waals surface area contributed by atoms with Gasteiger partial charge in [0.2, 0.25) is 0 Å². The van der Waals surface area contributed by atoms with Crippen molar-refractivity contribution >= 4 is 71.6 Å². The Labute approximate surface area is 283 Å². The van der Waals surface area contributed by atoms with E-state index >= 15 is 0 Å². The molecule has 8 aromatic carbocycles. The van der Waals surface area contributed by atoms with Gasteiger partial charge in [-0.2, -0.15) is 0 Å². The van der Waals surface area contributed by atoms with Crippen molar-refractivity contribution in [1.29, 1.82) is 0 Å². The second-order valence-electron chi connectivity index (χ2n) is 12.5. The zero-order chi connectivity index (χ0) is 32.3. The summed E-state index contributed by atoms with van der Waals surface area (Å²) in [5.41, 5.74) is 10.7. The lowest BCUT2D eigenvalue weighted by molar-refractivity contribution is 0.669. The van der Waals surface area contributed by atoms with Gasteiger partial charge in [0, 0.05) is 32.5 Å². The zero-order valence-electron chi connectivity index (χ0n) is 26.6. The van der Waals surface area contributed by atoms with Crippen LogP contribution in [0.15, 0.2) is 186 Å². The SMILES string of the molecule is c1ccc(-c2ccccc2N(c2cccc3c2oc2ccccc23)c2cccc3c2c2ccccc2n3-c2cccc3ccccc23)cc1. The van der Waals surface area contributed by atoms with Gasteiger partial charge in [0.25, 0.3) is 0 Å². The van der Waals surface area contributed by atoms with E-state index in [0.717, 1.165) is 61.3 Å². The molecule has 49 heavy (non-hydrogen) atoms. The van der Waals surface area contributed by atoms with Crippen LogP contribution in [0.4, 0.5) is 17.1 Å². The molecule has 0 aliphatic rings. The van der Waals surface area contributed by atoms with Gasteiger partial charge in [-0.1, -0.05) is 140 Å². The molecular weight excluding hydrogens is 597 g/mol. The maximum atomic E-state index is 6.73. The third-order valence-electron chi connectivity index (χ3n) is 9.78. The number of fused-ring (bicyclic) bond motifs is 7. The predicted molar refractivity (Wildman–Crippen MR) is 206 cm³/mol. The number of rotatable bonds is 5. The van der Waals surface area contributed by atoms with Crippen LogP contribution in [0.3, 0.4) is 0 Å². The number of hydrogen-bond acceptors (Lipinski definition) is 2. The first-order valence-corrected chi connectivity index (χ1v) is 16.7. The molecule has 0 N–H and O–H groups in total. The van der Waals surface area contributed by atoms with Crippen LogP contribution in [0.2, 0.25) is 0 Å². The largest absolute Gasteiger partial charge is 0.454 e. The minimum absolute atomic E-state index is 0.862. The topological polar surface area (TPSA) is 21.3 Å². The van der Waals surface area contributed by atoms with E-state index < -0.39 is 0 Å². The summed E-state index contributed by atoms with van der Waals surface area (Å²) in [5, 5.41) is 7.03. The highest BCUT2D eigenvalue weighted by Gasteiger charge is 2.25. The molecule has 2 heterocycles. The van der Waals surface area contributed by atoms with Crippen molar-refractivity contribution in [3.8, 4) is 16.8 Å². The summed E-state index contributed by atoms with van der Waals surface area (Å²) in [4.78, 5) is 2.41. The van der Waals surface area contributed by atoms with Gasteiger partial charge >= 0.3 is 0 Å². The molecular formula is C46H30N2O. The number of hydrogen-bond donors (Lipinski definition) is 0. The monoisotopic (exact) mass is 626 g/mol. The molecule has 0 bridgehead atoms. The summed E-state index contributed by atoms with van der Waals surface area (Å²) < 4.78 is 9.16. The number of aromatic nitrogens is 1. The van der Waals surface area contributed by atoms with Crippen molar-refractivity contribution in [1.82, 2.24) is 4.57 Å². The van der Waals surface area contributed by atoms with Gasteiger partial charge in [-0.3, -0.25) is 0 Å². The molecule has 0 fully saturated rings. The highest BCUT2D eigenvalue weighted by Crippen LogP contribution is 2.49. The minimum atomic E-state index is 0.862. The van der Waals surface area contributed by atoms with Crippen LogP contribution in [0.5, 0.6) is 0 Å². The van der Waals surface area contributed by atoms with E-state index in [1.165, 1.54) is 27.1 Å². The van der Waals surface area contributed by atoms with Crippen LogP contribution >= 0.6 is 0 Å². The number of anilines is 3. The Kier molecular flexibility index (Phi) is 6.18. The van der Waals surface area contributed by atoms with Crippen molar-refractivity contribution in [2.45, 2.75) is 0 Å². The third-order valence-corrected chi connectivity index (χ3v) is 9.78. The van der Waals surface area contributed by atoms with E-state index in [2.05, 4.69) is 185 Å². The Morgan fingerprint density at radius 1 is 0.408 bits per heavy atom. The zero-order valence-corrected chi connectivity index (χ0v) is 26.6. The summed E-state index contributed by atoms with van der Waals surface area (Å²) in [6, 6.07) is 64.9. The summed E-state index contributed by atoms with van der Waals surface area (Å²) in [5.74, 6) is 0. The van der Waals surface area contributed by atoms with Crippen molar-refractivity contribution in [2.75, 3.05) is 4.90 Å². The minimum Gasteiger partial charge on any atom is -0.454 e. The molecule has 10 aromatic rings. The highest BCUT2D eigenvalue weighted by molar-refractivity contribution is 6.19. The van der Waals surface area contributed by atoms with Gasteiger partial charge in [0.05, 0.1) is 33.8 Å². The Bertz CT molecular complexity index is 2840. The molecule has 0 amide bonds. The summed E-state index contributed by atoms with van der Waals surface area (Å²) >= 11 is 0. The molecule has 0 unspecified atom stereocenters. The number of furan rings is 1. The van der Waals surface area contributed by atoms with E-state index in [1.807, 2.05) is 6.07 Å². The standard InChI is InChI=1S/C46H30N2O/c1-2-15-31(16-3-1)33-20-6-9-24-38(33)48(43-29-13-23-36-35-21-8-11-30-44(35)49-46(36)43)42-28-14-27-41-45(42)37-22-7-10-25-40(37)47(41)39-26-12-18-32-17-4-5-19-34(32)39/h1-30H.